The Balaban J connectivity index is 1.68. The Morgan fingerprint density at radius 3 is 2.39 bits per heavy atom. The van der Waals surface area contributed by atoms with Crippen molar-refractivity contribution >= 4 is 17.8 Å². The summed E-state index contributed by atoms with van der Waals surface area (Å²) in [5, 5.41) is 5.00. The highest BCUT2D eigenvalue weighted by molar-refractivity contribution is 6.07. The monoisotopic (exact) mass is 315 g/mol. The average Bonchev–Trinajstić information content (AvgIpc) is 2.83. The van der Waals surface area contributed by atoms with Crippen LogP contribution in [0, 0.1) is 0 Å². The van der Waals surface area contributed by atoms with E-state index in [4.69, 9.17) is 0 Å². The molecule has 23 heavy (non-hydrogen) atoms. The summed E-state index contributed by atoms with van der Waals surface area (Å²) in [6, 6.07) is 9.33. The van der Waals surface area contributed by atoms with Crippen LogP contribution >= 0.6 is 0 Å². The van der Waals surface area contributed by atoms with E-state index in [0.717, 1.165) is 12.0 Å². The van der Waals surface area contributed by atoms with Crippen LogP contribution in [0.2, 0.25) is 0 Å². The minimum absolute atomic E-state index is 0.0956. The number of piperidine rings is 1. The largest absolute Gasteiger partial charge is 0.342 e. The molecule has 2 aliphatic rings. The summed E-state index contributed by atoms with van der Waals surface area (Å²) in [7, 11) is 0. The molecule has 1 aromatic rings. The standard InChI is InChI=1S/C17H21N3O3/c1-2-13(12-6-4-3-5-7-12)14(21)20-10-8-17(9-11-20)15(22)18-16(23)19-17/h3-7,13H,2,8-11H2,1H3,(H2,18,19,22,23)/t13-/m1/s1. The number of amides is 4. The predicted molar refractivity (Wildman–Crippen MR) is 84.7 cm³/mol. The molecule has 0 saturated carbocycles. The van der Waals surface area contributed by atoms with E-state index >= 15 is 0 Å². The van der Waals surface area contributed by atoms with Crippen molar-refractivity contribution in [1.29, 1.82) is 0 Å². The Bertz CT molecular complexity index is 621. The average molecular weight is 315 g/mol. The van der Waals surface area contributed by atoms with Gasteiger partial charge in [-0.15, -0.1) is 0 Å². The summed E-state index contributed by atoms with van der Waals surface area (Å²) in [6.07, 6.45) is 1.66. The second-order valence-corrected chi connectivity index (χ2v) is 6.19. The topological polar surface area (TPSA) is 78.5 Å². The summed E-state index contributed by atoms with van der Waals surface area (Å²) in [5.41, 5.74) is 0.190. The number of benzene rings is 1. The Hall–Kier alpha value is -2.37. The lowest BCUT2D eigenvalue weighted by Crippen LogP contribution is -2.56. The highest BCUT2D eigenvalue weighted by Gasteiger charge is 2.48. The van der Waals surface area contributed by atoms with E-state index in [0.29, 0.717) is 25.9 Å². The molecule has 1 aromatic carbocycles. The Morgan fingerprint density at radius 1 is 1.22 bits per heavy atom. The number of hydrogen-bond acceptors (Lipinski definition) is 3. The minimum atomic E-state index is -0.831. The van der Waals surface area contributed by atoms with Gasteiger partial charge in [0.25, 0.3) is 5.91 Å². The van der Waals surface area contributed by atoms with Crippen LogP contribution in [-0.4, -0.2) is 41.4 Å². The van der Waals surface area contributed by atoms with Crippen molar-refractivity contribution < 1.29 is 14.4 Å². The van der Waals surface area contributed by atoms with Crippen molar-refractivity contribution in [3.8, 4) is 0 Å². The number of hydrogen-bond donors (Lipinski definition) is 2. The zero-order valence-electron chi connectivity index (χ0n) is 13.2. The van der Waals surface area contributed by atoms with Crippen molar-refractivity contribution in [1.82, 2.24) is 15.5 Å². The van der Waals surface area contributed by atoms with Gasteiger partial charge < -0.3 is 10.2 Å². The summed E-state index contributed by atoms with van der Waals surface area (Å²) in [5.74, 6) is -0.333. The summed E-state index contributed by atoms with van der Waals surface area (Å²) in [6.45, 7) is 2.97. The molecule has 2 saturated heterocycles. The molecule has 1 spiro atoms. The van der Waals surface area contributed by atoms with E-state index in [1.165, 1.54) is 0 Å². The number of imide groups is 1. The van der Waals surface area contributed by atoms with Gasteiger partial charge in [0.05, 0.1) is 5.92 Å². The van der Waals surface area contributed by atoms with Gasteiger partial charge in [0.2, 0.25) is 5.91 Å². The van der Waals surface area contributed by atoms with Crippen LogP contribution in [0.25, 0.3) is 0 Å². The maximum absolute atomic E-state index is 12.8. The first-order valence-electron chi connectivity index (χ1n) is 8.03. The lowest BCUT2D eigenvalue weighted by atomic mass is 9.86. The molecule has 6 nitrogen and oxygen atoms in total. The van der Waals surface area contributed by atoms with Crippen LogP contribution < -0.4 is 10.6 Å². The highest BCUT2D eigenvalue weighted by atomic mass is 16.2. The summed E-state index contributed by atoms with van der Waals surface area (Å²) < 4.78 is 0. The lowest BCUT2D eigenvalue weighted by Gasteiger charge is -2.38. The molecule has 0 bridgehead atoms. The van der Waals surface area contributed by atoms with Gasteiger partial charge in [-0.1, -0.05) is 37.3 Å². The molecule has 0 aromatic heterocycles. The van der Waals surface area contributed by atoms with Crippen LogP contribution in [0.4, 0.5) is 4.79 Å². The van der Waals surface area contributed by atoms with Gasteiger partial charge in [-0.3, -0.25) is 14.9 Å². The molecule has 1 atom stereocenters. The first-order valence-corrected chi connectivity index (χ1v) is 8.03. The SMILES string of the molecule is CC[C@@H](C(=O)N1CCC2(CC1)NC(=O)NC2=O)c1ccccc1. The van der Waals surface area contributed by atoms with Crippen molar-refractivity contribution in [3.63, 3.8) is 0 Å². The van der Waals surface area contributed by atoms with E-state index in [9.17, 15) is 14.4 Å². The smallest absolute Gasteiger partial charge is 0.322 e. The van der Waals surface area contributed by atoms with Gasteiger partial charge in [-0.05, 0) is 24.8 Å². The molecule has 122 valence electrons. The number of carbonyl (C=O) groups excluding carboxylic acids is 3. The molecule has 0 unspecified atom stereocenters. The number of urea groups is 1. The molecule has 3 rings (SSSR count). The Morgan fingerprint density at radius 2 is 1.87 bits per heavy atom. The molecule has 4 amide bonds. The fourth-order valence-corrected chi connectivity index (χ4v) is 3.45. The second kappa shape index (κ2) is 6.02. The van der Waals surface area contributed by atoms with Gasteiger partial charge in [0.15, 0.2) is 0 Å². The molecule has 6 heteroatoms. The number of carbonyl (C=O) groups is 3. The molecule has 2 aliphatic heterocycles. The minimum Gasteiger partial charge on any atom is -0.342 e. The zero-order valence-corrected chi connectivity index (χ0v) is 13.2. The molecule has 0 aliphatic carbocycles. The lowest BCUT2D eigenvalue weighted by molar-refractivity contribution is -0.137. The normalized spacial score (nSPS) is 21.0. The third kappa shape index (κ3) is 2.81. The van der Waals surface area contributed by atoms with Gasteiger partial charge in [0, 0.05) is 13.1 Å². The molecule has 0 radical (unpaired) electrons. The number of nitrogens with zero attached hydrogens (tertiary/aromatic N) is 1. The van der Waals surface area contributed by atoms with Crippen molar-refractivity contribution in [2.45, 2.75) is 37.6 Å². The molecule has 2 heterocycles. The van der Waals surface area contributed by atoms with Gasteiger partial charge in [-0.25, -0.2) is 4.79 Å². The van der Waals surface area contributed by atoms with E-state index in [-0.39, 0.29) is 17.7 Å². The van der Waals surface area contributed by atoms with Crippen molar-refractivity contribution in [3.05, 3.63) is 35.9 Å². The van der Waals surface area contributed by atoms with Gasteiger partial charge in [-0.2, -0.15) is 0 Å². The fraction of sp³-hybridized carbons (Fsp3) is 0.471. The zero-order chi connectivity index (χ0) is 16.4. The van der Waals surface area contributed by atoms with Crippen molar-refractivity contribution in [2.75, 3.05) is 13.1 Å². The predicted octanol–water partition coefficient (Wildman–Crippen LogP) is 1.38. The molecule has 2 fully saturated rings. The molecular formula is C17H21N3O3. The maximum atomic E-state index is 12.8. The fourth-order valence-electron chi connectivity index (χ4n) is 3.45. The highest BCUT2D eigenvalue weighted by Crippen LogP contribution is 2.29. The third-order valence-corrected chi connectivity index (χ3v) is 4.85. The quantitative estimate of drug-likeness (QED) is 0.827. The second-order valence-electron chi connectivity index (χ2n) is 6.19. The van der Waals surface area contributed by atoms with Gasteiger partial charge >= 0.3 is 6.03 Å². The van der Waals surface area contributed by atoms with Crippen LogP contribution in [0.1, 0.15) is 37.7 Å². The van der Waals surface area contributed by atoms with Gasteiger partial charge in [0.1, 0.15) is 5.54 Å². The van der Waals surface area contributed by atoms with E-state index < -0.39 is 11.6 Å². The molecule has 2 N–H and O–H groups in total. The number of likely N-dealkylation sites (tertiary alicyclic amines) is 1. The third-order valence-electron chi connectivity index (χ3n) is 4.85. The summed E-state index contributed by atoms with van der Waals surface area (Å²) >= 11 is 0. The van der Waals surface area contributed by atoms with E-state index in [1.807, 2.05) is 42.2 Å². The number of rotatable bonds is 3. The van der Waals surface area contributed by atoms with Crippen LogP contribution in [-0.2, 0) is 9.59 Å². The summed E-state index contributed by atoms with van der Waals surface area (Å²) in [4.78, 5) is 37.9. The first kappa shape index (κ1) is 15.5. The maximum Gasteiger partial charge on any atom is 0.322 e. The number of nitrogens with one attached hydrogen (secondary N) is 2. The first-order chi connectivity index (χ1) is 11.1. The van der Waals surface area contributed by atoms with Crippen LogP contribution in [0.5, 0.6) is 0 Å². The molecular weight excluding hydrogens is 294 g/mol. The van der Waals surface area contributed by atoms with Crippen LogP contribution in [0.15, 0.2) is 30.3 Å². The van der Waals surface area contributed by atoms with E-state index in [2.05, 4.69) is 10.6 Å². The Kier molecular flexibility index (Phi) is 4.07. The van der Waals surface area contributed by atoms with Crippen LogP contribution in [0.3, 0.4) is 0 Å². The van der Waals surface area contributed by atoms with E-state index in [1.54, 1.807) is 0 Å². The Labute approximate surface area is 135 Å². The van der Waals surface area contributed by atoms with Crippen molar-refractivity contribution in [2.24, 2.45) is 0 Å².